The first kappa shape index (κ1) is 15.8. The second-order valence-corrected chi connectivity index (χ2v) is 1.73. The van der Waals surface area contributed by atoms with Gasteiger partial charge in [0.15, 0.2) is 0 Å². The fourth-order valence-corrected chi connectivity index (χ4v) is 0. The van der Waals surface area contributed by atoms with Crippen molar-refractivity contribution in [3.05, 3.63) is 0 Å². The minimum absolute atomic E-state index is 0. The first-order valence-corrected chi connectivity index (χ1v) is 2.83. The van der Waals surface area contributed by atoms with E-state index in [1.165, 1.54) is 9.40 Å². The van der Waals surface area contributed by atoms with Gasteiger partial charge in [-0.3, -0.25) is 0 Å². The summed E-state index contributed by atoms with van der Waals surface area (Å²) in [6.07, 6.45) is 0. The van der Waals surface area contributed by atoms with Gasteiger partial charge < -0.3 is 49.7 Å². The SMILES string of the molecule is S=C[S-].S=C[S-].[Mg+2]. The van der Waals surface area contributed by atoms with Crippen LogP contribution in [0.3, 0.4) is 0 Å². The molecule has 0 bridgehead atoms. The van der Waals surface area contributed by atoms with Crippen LogP contribution in [0.5, 0.6) is 0 Å². The molecule has 0 spiro atoms. The molecule has 0 N–H and O–H groups in total. The van der Waals surface area contributed by atoms with Crippen molar-refractivity contribution < 1.29 is 0 Å². The molecular formula is C2H2MgS4. The third kappa shape index (κ3) is 112. The van der Waals surface area contributed by atoms with E-state index in [9.17, 15) is 0 Å². The molecular weight excluding hydrogens is 177 g/mol. The summed E-state index contributed by atoms with van der Waals surface area (Å²) in [7, 11) is 0. The van der Waals surface area contributed by atoms with E-state index < -0.39 is 0 Å². The summed E-state index contributed by atoms with van der Waals surface area (Å²) in [6.45, 7) is 0. The molecule has 0 aliphatic rings. The van der Waals surface area contributed by atoms with E-state index in [2.05, 4.69) is 49.7 Å². The zero-order valence-corrected chi connectivity index (χ0v) is 8.18. The van der Waals surface area contributed by atoms with Crippen molar-refractivity contribution in [2.45, 2.75) is 0 Å². The van der Waals surface area contributed by atoms with Gasteiger partial charge in [0.05, 0.1) is 0 Å². The summed E-state index contributed by atoms with van der Waals surface area (Å²) in [5.41, 5.74) is 0. The third-order valence-electron chi connectivity index (χ3n) is 0. The fourth-order valence-electron chi connectivity index (χ4n) is 0. The molecule has 0 fully saturated rings. The van der Waals surface area contributed by atoms with E-state index in [1.54, 1.807) is 0 Å². The van der Waals surface area contributed by atoms with Gasteiger partial charge in [-0.2, -0.15) is 9.40 Å². The van der Waals surface area contributed by atoms with Crippen LogP contribution >= 0.6 is 24.4 Å². The van der Waals surface area contributed by atoms with Crippen molar-refractivity contribution in [3.8, 4) is 0 Å². The van der Waals surface area contributed by atoms with E-state index in [0.717, 1.165) is 0 Å². The van der Waals surface area contributed by atoms with E-state index in [0.29, 0.717) is 0 Å². The third-order valence-corrected chi connectivity index (χ3v) is 0. The molecule has 0 amide bonds. The molecule has 0 radical (unpaired) electrons. The van der Waals surface area contributed by atoms with Gasteiger partial charge in [0.2, 0.25) is 0 Å². The summed E-state index contributed by atoms with van der Waals surface area (Å²) in [4.78, 5) is 0. The average molecular weight is 179 g/mol. The second-order valence-electron chi connectivity index (χ2n) is 0.192. The Morgan fingerprint density at radius 3 is 1.00 bits per heavy atom. The Balaban J connectivity index is -0.0000000400. The summed E-state index contributed by atoms with van der Waals surface area (Å²) < 4.78 is 2.33. The van der Waals surface area contributed by atoms with E-state index >= 15 is 0 Å². The Kier molecular flexibility index (Phi) is 59.2. The molecule has 0 unspecified atom stereocenters. The van der Waals surface area contributed by atoms with Crippen LogP contribution in [0.15, 0.2) is 0 Å². The number of rotatable bonds is 0. The largest absolute Gasteiger partial charge is 2.00 e. The minimum atomic E-state index is 0. The minimum Gasteiger partial charge on any atom is -0.436 e. The van der Waals surface area contributed by atoms with Crippen molar-refractivity contribution in [1.82, 2.24) is 0 Å². The molecule has 0 rings (SSSR count). The zero-order chi connectivity index (χ0) is 5.41. The Morgan fingerprint density at radius 2 is 1.00 bits per heavy atom. The van der Waals surface area contributed by atoms with Gasteiger partial charge in [0.1, 0.15) is 0 Å². The molecule has 0 aromatic heterocycles. The van der Waals surface area contributed by atoms with Gasteiger partial charge in [-0.25, -0.2) is 0 Å². The topological polar surface area (TPSA) is 0 Å². The Morgan fingerprint density at radius 1 is 1.00 bits per heavy atom. The normalized spacial score (nSPS) is 3.43. The average Bonchev–Trinajstić information content (AvgIpc) is 1.39. The summed E-state index contributed by atoms with van der Waals surface area (Å²) >= 11 is 16.3. The molecule has 36 valence electrons. The zero-order valence-electron chi connectivity index (χ0n) is 3.49. The molecule has 0 atom stereocenters. The Hall–Kier alpha value is 1.39. The maximum atomic E-state index is 4.08. The van der Waals surface area contributed by atoms with Gasteiger partial charge in [0, 0.05) is 0 Å². The van der Waals surface area contributed by atoms with E-state index in [-0.39, 0.29) is 23.1 Å². The number of thiocarbonyl (C=S) groups is 2. The molecule has 0 aromatic rings. The van der Waals surface area contributed by atoms with Crippen molar-refractivity contribution in [2.24, 2.45) is 0 Å². The Bertz CT molecular complexity index is 30.7. The smallest absolute Gasteiger partial charge is 0.436 e. The molecule has 0 saturated carbocycles. The molecule has 0 heterocycles. The van der Waals surface area contributed by atoms with Crippen molar-refractivity contribution in [2.75, 3.05) is 0 Å². The molecule has 0 aliphatic heterocycles. The monoisotopic (exact) mass is 178 g/mol. The maximum Gasteiger partial charge on any atom is 2.00 e. The number of hydrogen-bond acceptors (Lipinski definition) is 4. The van der Waals surface area contributed by atoms with Gasteiger partial charge in [-0.05, 0) is 0 Å². The Labute approximate surface area is 81.4 Å². The van der Waals surface area contributed by atoms with Crippen LogP contribution in [-0.2, 0) is 25.3 Å². The van der Waals surface area contributed by atoms with Crippen LogP contribution in [-0.4, -0.2) is 32.5 Å². The fraction of sp³-hybridized carbons (Fsp3) is 0. The summed E-state index contributed by atoms with van der Waals surface area (Å²) in [5.74, 6) is 0. The predicted molar refractivity (Wildman–Crippen MR) is 47.8 cm³/mol. The first-order chi connectivity index (χ1) is 2.83. The van der Waals surface area contributed by atoms with Gasteiger partial charge in [-0.1, -0.05) is 0 Å². The quantitative estimate of drug-likeness (QED) is 0.303. The molecule has 0 aromatic carbocycles. The van der Waals surface area contributed by atoms with Crippen molar-refractivity contribution >= 4 is 82.1 Å². The standard InChI is InChI=1S/2CH2S2.Mg/c2*2-1-3;/h2*1H,(H,2,3);/q;;+2/p-2. The van der Waals surface area contributed by atoms with Crippen LogP contribution < -0.4 is 0 Å². The predicted octanol–water partition coefficient (Wildman–Crippen LogP) is 0.600. The van der Waals surface area contributed by atoms with Crippen LogP contribution in [0.1, 0.15) is 0 Å². The first-order valence-electron chi connectivity index (χ1n) is 0.943. The molecule has 0 saturated heterocycles. The van der Waals surface area contributed by atoms with Gasteiger partial charge >= 0.3 is 23.1 Å². The molecule has 0 nitrogen and oxygen atoms in total. The van der Waals surface area contributed by atoms with Crippen molar-refractivity contribution in [1.29, 1.82) is 0 Å². The van der Waals surface area contributed by atoms with Crippen LogP contribution in [0, 0.1) is 0 Å². The van der Waals surface area contributed by atoms with Gasteiger partial charge in [-0.15, -0.1) is 0 Å². The molecule has 7 heavy (non-hydrogen) atoms. The second kappa shape index (κ2) is 26.3. The summed E-state index contributed by atoms with van der Waals surface area (Å²) in [5, 5.41) is 0. The maximum absolute atomic E-state index is 4.08. The van der Waals surface area contributed by atoms with Gasteiger partial charge in [0.25, 0.3) is 0 Å². The van der Waals surface area contributed by atoms with Crippen LogP contribution in [0.2, 0.25) is 0 Å². The van der Waals surface area contributed by atoms with Crippen LogP contribution in [0.4, 0.5) is 0 Å². The van der Waals surface area contributed by atoms with E-state index in [4.69, 9.17) is 0 Å². The molecule has 0 aliphatic carbocycles. The van der Waals surface area contributed by atoms with Crippen molar-refractivity contribution in [3.63, 3.8) is 0 Å². The van der Waals surface area contributed by atoms with E-state index in [1.807, 2.05) is 0 Å². The summed E-state index contributed by atoms with van der Waals surface area (Å²) in [6, 6.07) is 0. The molecule has 5 heteroatoms. The number of hydrogen-bond donors (Lipinski definition) is 0. The van der Waals surface area contributed by atoms with Crippen LogP contribution in [0.25, 0.3) is 0 Å².